The first kappa shape index (κ1) is 19.8. The molecule has 6 rings (SSSR count). The fraction of sp³-hybridized carbons (Fsp3) is 0.652. The molecule has 0 radical (unpaired) electrons. The van der Waals surface area contributed by atoms with Crippen molar-refractivity contribution in [2.24, 2.45) is 0 Å². The molecule has 7 heteroatoms. The summed E-state index contributed by atoms with van der Waals surface area (Å²) in [6.45, 7) is 2.89. The van der Waals surface area contributed by atoms with Gasteiger partial charge >= 0.3 is 0 Å². The number of rotatable bonds is 0. The monoisotopic (exact) mass is 414 g/mol. The third kappa shape index (κ3) is 3.48. The average Bonchev–Trinajstić information content (AvgIpc) is 3.01. The van der Waals surface area contributed by atoms with Crippen LogP contribution in [0.15, 0.2) is 24.3 Å². The molecule has 3 fully saturated rings. The van der Waals surface area contributed by atoms with Gasteiger partial charge in [-0.3, -0.25) is 9.59 Å². The lowest BCUT2D eigenvalue weighted by Crippen LogP contribution is -2.65. The van der Waals surface area contributed by atoms with E-state index in [1.54, 1.807) is 0 Å². The average molecular weight is 415 g/mol. The van der Waals surface area contributed by atoms with Gasteiger partial charge in [0.2, 0.25) is 5.91 Å². The Morgan fingerprint density at radius 2 is 1.90 bits per heavy atom. The van der Waals surface area contributed by atoms with Gasteiger partial charge < -0.3 is 24.4 Å². The highest BCUT2D eigenvalue weighted by Gasteiger charge is 2.55. The van der Waals surface area contributed by atoms with E-state index in [-0.39, 0.29) is 43.2 Å². The van der Waals surface area contributed by atoms with Crippen LogP contribution < -0.4 is 10.1 Å². The minimum absolute atomic E-state index is 0.0150. The second kappa shape index (κ2) is 7.85. The maximum Gasteiger partial charge on any atom is 0.261 e. The van der Waals surface area contributed by atoms with E-state index < -0.39 is 5.54 Å². The molecule has 0 unspecified atom stereocenters. The van der Waals surface area contributed by atoms with Gasteiger partial charge in [-0.15, -0.1) is 0 Å². The van der Waals surface area contributed by atoms with Gasteiger partial charge in [0.25, 0.3) is 5.91 Å². The Hall–Kier alpha value is -2.12. The van der Waals surface area contributed by atoms with E-state index in [2.05, 4.69) is 11.4 Å². The molecule has 7 nitrogen and oxygen atoms in total. The number of morpholine rings is 1. The van der Waals surface area contributed by atoms with Crippen LogP contribution in [-0.2, 0) is 19.1 Å². The number of amides is 2. The van der Waals surface area contributed by atoms with Gasteiger partial charge in [-0.2, -0.15) is 0 Å². The van der Waals surface area contributed by atoms with Gasteiger partial charge in [0, 0.05) is 6.04 Å². The van der Waals surface area contributed by atoms with E-state index >= 15 is 0 Å². The van der Waals surface area contributed by atoms with E-state index in [1.807, 2.05) is 30.0 Å². The minimum Gasteiger partial charge on any atom is -0.483 e. The van der Waals surface area contributed by atoms with Crippen LogP contribution in [0.25, 0.3) is 0 Å². The molecular weight excluding hydrogens is 384 g/mol. The van der Waals surface area contributed by atoms with Gasteiger partial charge in [-0.25, -0.2) is 0 Å². The zero-order valence-electron chi connectivity index (χ0n) is 17.5. The van der Waals surface area contributed by atoms with Crippen LogP contribution in [0.5, 0.6) is 5.75 Å². The van der Waals surface area contributed by atoms with E-state index in [0.29, 0.717) is 25.6 Å². The molecule has 1 aromatic carbocycles. The Morgan fingerprint density at radius 3 is 2.70 bits per heavy atom. The predicted octanol–water partition coefficient (Wildman–Crippen LogP) is 2.00. The maximum atomic E-state index is 13.3. The van der Waals surface area contributed by atoms with Gasteiger partial charge in [0.05, 0.1) is 30.9 Å². The third-order valence-electron chi connectivity index (χ3n) is 7.25. The number of hydrogen-bond donors (Lipinski definition) is 1. The molecule has 3 atom stereocenters. The smallest absolute Gasteiger partial charge is 0.261 e. The first-order valence-electron chi connectivity index (χ1n) is 11.1. The van der Waals surface area contributed by atoms with E-state index in [0.717, 1.165) is 31.4 Å². The quantitative estimate of drug-likeness (QED) is 0.703. The summed E-state index contributed by atoms with van der Waals surface area (Å²) in [5, 5.41) is 3.15. The topological polar surface area (TPSA) is 77.1 Å². The minimum atomic E-state index is -0.598. The molecular formula is C23H30N2O5. The Labute approximate surface area is 177 Å². The Morgan fingerprint density at radius 1 is 1.10 bits per heavy atom. The first-order valence-corrected chi connectivity index (χ1v) is 11.1. The van der Waals surface area contributed by atoms with Crippen LogP contribution in [0.2, 0.25) is 0 Å². The summed E-state index contributed by atoms with van der Waals surface area (Å²) in [6.07, 6.45) is 4.92. The van der Waals surface area contributed by atoms with Crippen molar-refractivity contribution >= 4 is 11.8 Å². The van der Waals surface area contributed by atoms with Crippen LogP contribution in [0, 0.1) is 0 Å². The molecule has 0 aromatic heterocycles. The molecule has 1 N–H and O–H groups in total. The number of fused-ring (bicyclic) bond motifs is 5. The largest absolute Gasteiger partial charge is 0.483 e. The highest BCUT2D eigenvalue weighted by molar-refractivity contribution is 5.81. The van der Waals surface area contributed by atoms with Crippen LogP contribution >= 0.6 is 0 Å². The van der Waals surface area contributed by atoms with Gasteiger partial charge in [-0.05, 0) is 56.6 Å². The molecule has 30 heavy (non-hydrogen) atoms. The number of hydrogen-bond acceptors (Lipinski definition) is 5. The molecule has 162 valence electrons. The maximum absolute atomic E-state index is 13.3. The summed E-state index contributed by atoms with van der Waals surface area (Å²) in [5.41, 5.74) is 0.595. The summed E-state index contributed by atoms with van der Waals surface area (Å²) < 4.78 is 18.0. The molecule has 5 aliphatic rings. The Kier molecular flexibility index (Phi) is 5.19. The van der Waals surface area contributed by atoms with E-state index in [4.69, 9.17) is 14.2 Å². The van der Waals surface area contributed by atoms with Crippen molar-refractivity contribution in [2.75, 3.05) is 26.4 Å². The lowest BCUT2D eigenvalue weighted by atomic mass is 9.82. The molecule has 4 heterocycles. The van der Waals surface area contributed by atoms with Crippen molar-refractivity contribution in [3.8, 4) is 5.75 Å². The summed E-state index contributed by atoms with van der Waals surface area (Å²) in [6, 6.07) is 7.79. The van der Waals surface area contributed by atoms with Gasteiger partial charge in [-0.1, -0.05) is 18.2 Å². The van der Waals surface area contributed by atoms with Crippen molar-refractivity contribution in [3.05, 3.63) is 29.8 Å². The molecule has 4 aliphatic heterocycles. The molecule has 1 aliphatic carbocycles. The fourth-order valence-corrected chi connectivity index (χ4v) is 5.89. The zero-order chi connectivity index (χ0) is 20.7. The Balaban J connectivity index is 1.47. The summed E-state index contributed by atoms with van der Waals surface area (Å²) in [5.74, 6) is 1.04. The molecule has 2 amide bonds. The number of ether oxygens (including phenoxy) is 3. The summed E-state index contributed by atoms with van der Waals surface area (Å²) in [7, 11) is 0. The third-order valence-corrected chi connectivity index (χ3v) is 7.25. The summed E-state index contributed by atoms with van der Waals surface area (Å²) >= 11 is 0. The summed E-state index contributed by atoms with van der Waals surface area (Å²) in [4.78, 5) is 27.3. The van der Waals surface area contributed by atoms with Crippen LogP contribution in [0.4, 0.5) is 0 Å². The molecule has 1 saturated carbocycles. The van der Waals surface area contributed by atoms with Crippen molar-refractivity contribution in [1.29, 1.82) is 0 Å². The number of nitrogens with zero attached hydrogens (tertiary/aromatic N) is 1. The number of carbonyl (C=O) groups excluding carboxylic acids is 2. The molecule has 2 bridgehead atoms. The SMILES string of the molecule is C[C@@H]1C[C@@]2(COCC(=O)N2)[C@@H]2CO[C@H]3CC[C@H](CC3)c3ccccc3OCC(=O)N12. The van der Waals surface area contributed by atoms with Crippen molar-refractivity contribution in [1.82, 2.24) is 10.2 Å². The van der Waals surface area contributed by atoms with Crippen molar-refractivity contribution in [3.63, 3.8) is 0 Å². The van der Waals surface area contributed by atoms with E-state index in [9.17, 15) is 9.59 Å². The number of nitrogens with one attached hydrogen (secondary N) is 1. The molecule has 2 saturated heterocycles. The second-order valence-electron chi connectivity index (χ2n) is 9.20. The number of benzene rings is 1. The Bertz CT molecular complexity index is 822. The van der Waals surface area contributed by atoms with Crippen LogP contribution in [0.3, 0.4) is 0 Å². The fourth-order valence-electron chi connectivity index (χ4n) is 5.89. The number of para-hydroxylation sites is 1. The van der Waals surface area contributed by atoms with E-state index in [1.165, 1.54) is 5.56 Å². The normalized spacial score (nSPS) is 36.8. The van der Waals surface area contributed by atoms with Gasteiger partial charge in [0.1, 0.15) is 12.4 Å². The highest BCUT2D eigenvalue weighted by Crippen LogP contribution is 2.40. The second-order valence-corrected chi connectivity index (χ2v) is 9.20. The highest BCUT2D eigenvalue weighted by atomic mass is 16.5. The van der Waals surface area contributed by atoms with Crippen LogP contribution in [-0.4, -0.2) is 66.9 Å². The molecule has 1 aromatic rings. The standard InChI is InChI=1S/C23H30N2O5/c1-15-10-23(14-28-12-21(26)24-23)20-11-29-17-8-6-16(7-9-17)18-4-2-3-5-19(18)30-13-22(27)25(15)20/h2-5,15-17,20H,6-14H2,1H3,(H,24,26)/t15-,16-,17+,20+,23-/m1/s1. The lowest BCUT2D eigenvalue weighted by molar-refractivity contribution is -0.145. The van der Waals surface area contributed by atoms with Gasteiger partial charge in [0.15, 0.2) is 6.61 Å². The van der Waals surface area contributed by atoms with Crippen LogP contribution in [0.1, 0.15) is 50.5 Å². The predicted molar refractivity (Wildman–Crippen MR) is 109 cm³/mol. The number of carbonyl (C=O) groups is 2. The van der Waals surface area contributed by atoms with Crippen molar-refractivity contribution < 1.29 is 23.8 Å². The van der Waals surface area contributed by atoms with Crippen molar-refractivity contribution in [2.45, 2.75) is 68.7 Å². The first-order chi connectivity index (χ1) is 14.6. The zero-order valence-corrected chi connectivity index (χ0v) is 17.5. The molecule has 1 spiro atoms. The lowest BCUT2D eigenvalue weighted by Gasteiger charge is -2.41.